The van der Waals surface area contributed by atoms with Crippen LogP contribution in [-0.2, 0) is 4.79 Å². The van der Waals surface area contributed by atoms with Crippen molar-refractivity contribution in [1.29, 1.82) is 0 Å². The molecule has 0 unspecified atom stereocenters. The lowest BCUT2D eigenvalue weighted by molar-refractivity contribution is -0.132. The Kier molecular flexibility index (Phi) is 4.91. The van der Waals surface area contributed by atoms with Gasteiger partial charge < -0.3 is 15.0 Å². The Morgan fingerprint density at radius 2 is 2.17 bits per heavy atom. The van der Waals surface area contributed by atoms with Gasteiger partial charge in [0.05, 0.1) is 6.61 Å². The van der Waals surface area contributed by atoms with Crippen LogP contribution in [0, 0.1) is 0 Å². The van der Waals surface area contributed by atoms with Gasteiger partial charge in [0.25, 0.3) is 5.24 Å². The van der Waals surface area contributed by atoms with Gasteiger partial charge >= 0.3 is 0 Å². The second-order valence-corrected chi connectivity index (χ2v) is 6.51. The van der Waals surface area contributed by atoms with Gasteiger partial charge in [-0.3, -0.25) is 9.59 Å². The maximum Gasteiger partial charge on any atom is 0.279 e. The molecule has 2 amide bonds. The zero-order chi connectivity index (χ0) is 16.2. The predicted octanol–water partition coefficient (Wildman–Crippen LogP) is 2.53. The largest absolute Gasteiger partial charge is 0.494 e. The van der Waals surface area contributed by atoms with Crippen molar-refractivity contribution in [3.8, 4) is 5.75 Å². The van der Waals surface area contributed by atoms with Crippen molar-refractivity contribution in [1.82, 2.24) is 10.2 Å². The summed E-state index contributed by atoms with van der Waals surface area (Å²) in [4.78, 5) is 25.4. The van der Waals surface area contributed by atoms with Gasteiger partial charge in [0, 0.05) is 18.8 Å². The predicted molar refractivity (Wildman–Crippen MR) is 91.6 cm³/mol. The van der Waals surface area contributed by atoms with E-state index in [1.165, 1.54) is 22.9 Å². The van der Waals surface area contributed by atoms with E-state index >= 15 is 0 Å². The molecule has 0 aliphatic carbocycles. The van der Waals surface area contributed by atoms with Gasteiger partial charge in [0.15, 0.2) is 0 Å². The van der Waals surface area contributed by atoms with Crippen molar-refractivity contribution >= 4 is 28.5 Å². The van der Waals surface area contributed by atoms with Crippen LogP contribution in [0.2, 0.25) is 0 Å². The van der Waals surface area contributed by atoms with Gasteiger partial charge in [0.2, 0.25) is 5.91 Å². The fourth-order valence-corrected chi connectivity index (χ4v) is 3.57. The second-order valence-electron chi connectivity index (χ2n) is 5.52. The number of rotatable bonds is 4. The molecule has 0 radical (unpaired) electrons. The topological polar surface area (TPSA) is 58.6 Å². The van der Waals surface area contributed by atoms with Gasteiger partial charge in [-0.2, -0.15) is 0 Å². The highest BCUT2D eigenvalue weighted by molar-refractivity contribution is 8.14. The third-order valence-corrected chi connectivity index (χ3v) is 4.91. The van der Waals surface area contributed by atoms with Crippen molar-refractivity contribution in [2.24, 2.45) is 0 Å². The summed E-state index contributed by atoms with van der Waals surface area (Å²) in [6.07, 6.45) is 2.93. The number of ether oxygens (including phenoxy) is 1. The quantitative estimate of drug-likeness (QED) is 0.920. The number of carbonyl (C=O) groups is 2. The van der Waals surface area contributed by atoms with E-state index in [0.717, 1.165) is 12.2 Å². The van der Waals surface area contributed by atoms with E-state index < -0.39 is 0 Å². The Bertz CT molecular complexity index is 627. The first-order valence-electron chi connectivity index (χ1n) is 7.81. The number of amides is 2. The van der Waals surface area contributed by atoms with Crippen molar-refractivity contribution in [3.63, 3.8) is 0 Å². The molecule has 0 aromatic heterocycles. The minimum absolute atomic E-state index is 0.0188. The van der Waals surface area contributed by atoms with Crippen LogP contribution in [0.25, 0.3) is 5.57 Å². The second kappa shape index (κ2) is 7.08. The molecule has 3 rings (SSSR count). The molecule has 6 heteroatoms. The first-order chi connectivity index (χ1) is 11.2. The van der Waals surface area contributed by atoms with Crippen LogP contribution >= 0.6 is 11.8 Å². The van der Waals surface area contributed by atoms with Crippen molar-refractivity contribution < 1.29 is 14.3 Å². The van der Waals surface area contributed by atoms with Crippen molar-refractivity contribution in [2.45, 2.75) is 19.4 Å². The van der Waals surface area contributed by atoms with Gasteiger partial charge in [-0.15, -0.1) is 0 Å². The molecule has 1 saturated heterocycles. The van der Waals surface area contributed by atoms with E-state index in [-0.39, 0.29) is 17.2 Å². The highest BCUT2D eigenvalue weighted by atomic mass is 32.2. The van der Waals surface area contributed by atoms with Crippen molar-refractivity contribution in [3.05, 3.63) is 35.9 Å². The molecule has 23 heavy (non-hydrogen) atoms. The molecule has 2 aliphatic heterocycles. The molecular weight excluding hydrogens is 312 g/mol. The molecule has 122 valence electrons. The first kappa shape index (κ1) is 15.9. The van der Waals surface area contributed by atoms with E-state index in [4.69, 9.17) is 4.74 Å². The highest BCUT2D eigenvalue weighted by Crippen LogP contribution is 2.25. The first-order valence-corrected chi connectivity index (χ1v) is 8.80. The van der Waals surface area contributed by atoms with Crippen LogP contribution < -0.4 is 10.1 Å². The summed E-state index contributed by atoms with van der Waals surface area (Å²) in [7, 11) is 0. The third-order valence-electron chi connectivity index (χ3n) is 4.03. The van der Waals surface area contributed by atoms with Crippen LogP contribution in [-0.4, -0.2) is 47.5 Å². The number of benzene rings is 1. The zero-order valence-corrected chi connectivity index (χ0v) is 13.9. The molecule has 1 atom stereocenters. The van der Waals surface area contributed by atoms with Crippen LogP contribution in [0.3, 0.4) is 0 Å². The van der Waals surface area contributed by atoms with Gasteiger partial charge in [-0.25, -0.2) is 0 Å². The molecule has 1 N–H and O–H groups in total. The summed E-state index contributed by atoms with van der Waals surface area (Å²) in [6, 6.07) is 7.70. The van der Waals surface area contributed by atoms with E-state index in [9.17, 15) is 9.59 Å². The molecule has 1 fully saturated rings. The molecule has 1 aromatic rings. The van der Waals surface area contributed by atoms with Crippen LogP contribution in [0.15, 0.2) is 30.3 Å². The van der Waals surface area contributed by atoms with E-state index in [0.29, 0.717) is 25.4 Å². The van der Waals surface area contributed by atoms with Gasteiger partial charge in [-0.05, 0) is 36.6 Å². The summed E-state index contributed by atoms with van der Waals surface area (Å²) >= 11 is 1.18. The Morgan fingerprint density at radius 3 is 2.74 bits per heavy atom. The maximum atomic E-state index is 12.4. The monoisotopic (exact) mass is 332 g/mol. The molecule has 0 bridgehead atoms. The standard InChI is InChI=1S/C17H20N2O3S/c1-2-22-14-5-3-12(4-6-14)13-7-9-19(10-8-13)16(20)15-11-23-17(21)18-15/h3-7,15H,2,8-11H2,1H3,(H,18,21)/t15-/m1/s1. The lowest BCUT2D eigenvalue weighted by atomic mass is 9.99. The SMILES string of the molecule is CCOc1ccc(C2=CCN(C(=O)[C@H]3CSC(=O)N3)CC2)cc1. The van der Waals surface area contributed by atoms with E-state index in [1.807, 2.05) is 24.0 Å². The highest BCUT2D eigenvalue weighted by Gasteiger charge is 2.31. The minimum atomic E-state index is -0.368. The summed E-state index contributed by atoms with van der Waals surface area (Å²) < 4.78 is 5.45. The molecule has 0 spiro atoms. The summed E-state index contributed by atoms with van der Waals surface area (Å²) in [5, 5.41) is 2.60. The summed E-state index contributed by atoms with van der Waals surface area (Å²) in [6.45, 7) is 3.91. The Hall–Kier alpha value is -1.95. The zero-order valence-electron chi connectivity index (χ0n) is 13.1. The third kappa shape index (κ3) is 3.69. The smallest absolute Gasteiger partial charge is 0.279 e. The lowest BCUT2D eigenvalue weighted by Gasteiger charge is -2.28. The Morgan fingerprint density at radius 1 is 1.39 bits per heavy atom. The average Bonchev–Trinajstić information content (AvgIpc) is 3.02. The van der Waals surface area contributed by atoms with Crippen LogP contribution in [0.1, 0.15) is 18.9 Å². The normalized spacial score (nSPS) is 20.9. The van der Waals surface area contributed by atoms with Crippen LogP contribution in [0.4, 0.5) is 4.79 Å². The average molecular weight is 332 g/mol. The Labute approximate surface area is 140 Å². The fraction of sp³-hybridized carbons (Fsp3) is 0.412. The summed E-state index contributed by atoms with van der Waals surface area (Å²) in [5.41, 5.74) is 2.42. The van der Waals surface area contributed by atoms with Crippen LogP contribution in [0.5, 0.6) is 5.75 Å². The molecule has 0 saturated carbocycles. The van der Waals surface area contributed by atoms with E-state index in [1.54, 1.807) is 0 Å². The molecule has 5 nitrogen and oxygen atoms in total. The van der Waals surface area contributed by atoms with Gasteiger partial charge in [-0.1, -0.05) is 30.0 Å². The number of nitrogens with one attached hydrogen (secondary N) is 1. The van der Waals surface area contributed by atoms with Gasteiger partial charge in [0.1, 0.15) is 11.8 Å². The van der Waals surface area contributed by atoms with E-state index in [2.05, 4.69) is 23.5 Å². The number of carbonyl (C=O) groups excluding carboxylic acids is 2. The number of hydrogen-bond acceptors (Lipinski definition) is 4. The number of nitrogens with zero attached hydrogens (tertiary/aromatic N) is 1. The maximum absolute atomic E-state index is 12.4. The van der Waals surface area contributed by atoms with Crippen molar-refractivity contribution in [2.75, 3.05) is 25.4 Å². The molecular formula is C17H20N2O3S. The fourth-order valence-electron chi connectivity index (χ4n) is 2.80. The lowest BCUT2D eigenvalue weighted by Crippen LogP contribution is -2.46. The number of hydrogen-bond donors (Lipinski definition) is 1. The summed E-state index contributed by atoms with van der Waals surface area (Å²) in [5.74, 6) is 1.42. The minimum Gasteiger partial charge on any atom is -0.494 e. The molecule has 1 aromatic carbocycles. The molecule has 2 heterocycles. The number of thioether (sulfide) groups is 1. The molecule has 2 aliphatic rings. The Balaban J connectivity index is 1.61.